The molecule has 2 N–H and O–H groups in total. The van der Waals surface area contributed by atoms with Crippen molar-refractivity contribution in [3.8, 4) is 11.3 Å². The Labute approximate surface area is 159 Å². The third-order valence-electron chi connectivity index (χ3n) is 3.43. The van der Waals surface area contributed by atoms with Crippen molar-refractivity contribution in [1.29, 1.82) is 0 Å². The SMILES string of the molecule is CC(NS(=O)(=O)c1cccs1)C(=O)NCc1nc(-c2ccncc2)cs1. The molecule has 0 spiro atoms. The van der Waals surface area contributed by atoms with Gasteiger partial charge in [0.25, 0.3) is 10.0 Å². The molecule has 26 heavy (non-hydrogen) atoms. The smallest absolute Gasteiger partial charge is 0.250 e. The van der Waals surface area contributed by atoms with Crippen molar-refractivity contribution in [1.82, 2.24) is 20.0 Å². The molecule has 10 heteroatoms. The first-order valence-corrected chi connectivity index (χ1v) is 10.9. The molecule has 0 bridgehead atoms. The minimum atomic E-state index is -3.69. The van der Waals surface area contributed by atoms with E-state index in [0.717, 1.165) is 27.6 Å². The van der Waals surface area contributed by atoms with Crippen LogP contribution in [0, 0.1) is 0 Å². The van der Waals surface area contributed by atoms with Gasteiger partial charge in [0.2, 0.25) is 5.91 Å². The Hall–Kier alpha value is -2.14. The Bertz CT molecular complexity index is 969. The van der Waals surface area contributed by atoms with E-state index in [9.17, 15) is 13.2 Å². The second-order valence-electron chi connectivity index (χ2n) is 5.36. The monoisotopic (exact) mass is 408 g/mol. The molecule has 0 aliphatic heterocycles. The Kier molecular flexibility index (Phi) is 5.77. The molecule has 1 unspecified atom stereocenters. The molecule has 136 valence electrons. The number of nitrogens with zero attached hydrogens (tertiary/aromatic N) is 2. The van der Waals surface area contributed by atoms with Crippen molar-refractivity contribution >= 4 is 38.6 Å². The predicted molar refractivity (Wildman–Crippen MR) is 101 cm³/mol. The van der Waals surface area contributed by atoms with Crippen LogP contribution in [0.1, 0.15) is 11.9 Å². The van der Waals surface area contributed by atoms with E-state index in [1.807, 2.05) is 17.5 Å². The number of nitrogens with one attached hydrogen (secondary N) is 2. The number of sulfonamides is 1. The summed E-state index contributed by atoms with van der Waals surface area (Å²) in [5.74, 6) is -0.411. The zero-order valence-electron chi connectivity index (χ0n) is 13.7. The molecular formula is C16H16N4O3S3. The van der Waals surface area contributed by atoms with E-state index in [1.165, 1.54) is 24.3 Å². The van der Waals surface area contributed by atoms with Crippen LogP contribution >= 0.6 is 22.7 Å². The third kappa shape index (κ3) is 4.52. The quantitative estimate of drug-likeness (QED) is 0.624. The van der Waals surface area contributed by atoms with E-state index >= 15 is 0 Å². The fraction of sp³-hybridized carbons (Fsp3) is 0.188. The number of carbonyl (C=O) groups excluding carboxylic acids is 1. The largest absolute Gasteiger partial charge is 0.348 e. The van der Waals surface area contributed by atoms with Crippen LogP contribution in [0.3, 0.4) is 0 Å². The Morgan fingerprint density at radius 1 is 1.23 bits per heavy atom. The van der Waals surface area contributed by atoms with Gasteiger partial charge in [0.1, 0.15) is 9.22 Å². The lowest BCUT2D eigenvalue weighted by Crippen LogP contribution is -2.44. The molecule has 7 nitrogen and oxygen atoms in total. The van der Waals surface area contributed by atoms with Crippen LogP contribution in [-0.4, -0.2) is 30.3 Å². The molecule has 1 amide bonds. The predicted octanol–water partition coefficient (Wildman–Crippen LogP) is 2.25. The number of pyridine rings is 1. The van der Waals surface area contributed by atoms with Crippen molar-refractivity contribution in [2.75, 3.05) is 0 Å². The topological polar surface area (TPSA) is 101 Å². The highest BCUT2D eigenvalue weighted by molar-refractivity contribution is 7.91. The van der Waals surface area contributed by atoms with Gasteiger partial charge >= 0.3 is 0 Å². The summed E-state index contributed by atoms with van der Waals surface area (Å²) in [7, 11) is -3.69. The summed E-state index contributed by atoms with van der Waals surface area (Å²) in [6, 6.07) is 5.97. The molecule has 0 radical (unpaired) electrons. The number of amides is 1. The van der Waals surface area contributed by atoms with Crippen LogP contribution in [0.15, 0.2) is 51.6 Å². The van der Waals surface area contributed by atoms with Gasteiger partial charge in [-0.25, -0.2) is 13.4 Å². The number of hydrogen-bond acceptors (Lipinski definition) is 7. The fourth-order valence-electron chi connectivity index (χ4n) is 2.12. The van der Waals surface area contributed by atoms with Crippen molar-refractivity contribution in [3.63, 3.8) is 0 Å². The Morgan fingerprint density at radius 3 is 2.69 bits per heavy atom. The number of hydrogen-bond donors (Lipinski definition) is 2. The van der Waals surface area contributed by atoms with Crippen molar-refractivity contribution < 1.29 is 13.2 Å². The minimum Gasteiger partial charge on any atom is -0.348 e. The van der Waals surface area contributed by atoms with Gasteiger partial charge < -0.3 is 5.32 Å². The Balaban J connectivity index is 1.56. The average Bonchev–Trinajstić information content (AvgIpc) is 3.32. The zero-order chi connectivity index (χ0) is 18.6. The second-order valence-corrected chi connectivity index (χ2v) is 9.19. The van der Waals surface area contributed by atoms with Crippen LogP contribution in [-0.2, 0) is 21.4 Å². The number of rotatable bonds is 7. The maximum atomic E-state index is 12.2. The molecular weight excluding hydrogens is 392 g/mol. The van der Waals surface area contributed by atoms with Gasteiger partial charge in [-0.2, -0.15) is 4.72 Å². The van der Waals surface area contributed by atoms with Crippen LogP contribution in [0.5, 0.6) is 0 Å². The van der Waals surface area contributed by atoms with E-state index in [0.29, 0.717) is 0 Å². The summed E-state index contributed by atoms with van der Waals surface area (Å²) >= 11 is 2.53. The maximum Gasteiger partial charge on any atom is 0.250 e. The molecule has 0 saturated heterocycles. The molecule has 1 atom stereocenters. The first kappa shape index (κ1) is 18.6. The molecule has 3 aromatic heterocycles. The van der Waals surface area contributed by atoms with Gasteiger partial charge in [-0.05, 0) is 30.5 Å². The van der Waals surface area contributed by atoms with Gasteiger partial charge in [-0.3, -0.25) is 9.78 Å². The first-order valence-electron chi connectivity index (χ1n) is 7.64. The van der Waals surface area contributed by atoms with Crippen LogP contribution < -0.4 is 10.0 Å². The number of thiophene rings is 1. The summed E-state index contributed by atoms with van der Waals surface area (Å²) in [5, 5.41) is 7.01. The van der Waals surface area contributed by atoms with E-state index in [2.05, 4.69) is 20.0 Å². The van der Waals surface area contributed by atoms with E-state index in [1.54, 1.807) is 23.8 Å². The average molecular weight is 409 g/mol. The summed E-state index contributed by atoms with van der Waals surface area (Å²) < 4.78 is 26.8. The highest BCUT2D eigenvalue weighted by atomic mass is 32.2. The summed E-state index contributed by atoms with van der Waals surface area (Å²) in [4.78, 5) is 20.6. The molecule has 3 rings (SSSR count). The second kappa shape index (κ2) is 8.04. The van der Waals surface area contributed by atoms with Gasteiger partial charge in [-0.1, -0.05) is 6.07 Å². The van der Waals surface area contributed by atoms with Gasteiger partial charge in [-0.15, -0.1) is 22.7 Å². The lowest BCUT2D eigenvalue weighted by atomic mass is 10.2. The van der Waals surface area contributed by atoms with Crippen molar-refractivity contribution in [3.05, 3.63) is 52.4 Å². The molecule has 0 aromatic carbocycles. The number of thiazole rings is 1. The molecule has 0 fully saturated rings. The van der Waals surface area contributed by atoms with Crippen LogP contribution in [0.2, 0.25) is 0 Å². The van der Waals surface area contributed by atoms with E-state index < -0.39 is 22.0 Å². The third-order valence-corrected chi connectivity index (χ3v) is 7.21. The summed E-state index contributed by atoms with van der Waals surface area (Å²) in [6.45, 7) is 1.74. The lowest BCUT2D eigenvalue weighted by Gasteiger charge is -2.13. The van der Waals surface area contributed by atoms with Crippen LogP contribution in [0.4, 0.5) is 0 Å². The molecule has 0 aliphatic carbocycles. The lowest BCUT2D eigenvalue weighted by molar-refractivity contribution is -0.122. The number of aromatic nitrogens is 2. The van der Waals surface area contributed by atoms with Crippen molar-refractivity contribution in [2.45, 2.75) is 23.7 Å². The minimum absolute atomic E-state index is 0.180. The van der Waals surface area contributed by atoms with E-state index in [4.69, 9.17) is 0 Å². The highest BCUT2D eigenvalue weighted by Crippen LogP contribution is 2.21. The van der Waals surface area contributed by atoms with Gasteiger partial charge in [0.15, 0.2) is 0 Å². The zero-order valence-corrected chi connectivity index (χ0v) is 16.2. The highest BCUT2D eigenvalue weighted by Gasteiger charge is 2.22. The fourth-order valence-corrected chi connectivity index (χ4v) is 5.08. The standard InChI is InChI=1S/C16H16N4O3S3/c1-11(20-26(22,23)15-3-2-8-24-15)16(21)18-9-14-19-13(10-25-14)12-4-6-17-7-5-12/h2-8,10-11,20H,9H2,1H3,(H,18,21). The molecule has 3 aromatic rings. The summed E-state index contributed by atoms with van der Waals surface area (Å²) in [6.07, 6.45) is 3.38. The normalized spacial score (nSPS) is 12.7. The first-order chi connectivity index (χ1) is 12.5. The molecule has 0 aliphatic rings. The molecule has 3 heterocycles. The number of carbonyl (C=O) groups is 1. The summed E-state index contributed by atoms with van der Waals surface area (Å²) in [5.41, 5.74) is 1.76. The molecule has 0 saturated carbocycles. The maximum absolute atomic E-state index is 12.2. The van der Waals surface area contributed by atoms with Crippen LogP contribution in [0.25, 0.3) is 11.3 Å². The van der Waals surface area contributed by atoms with Crippen molar-refractivity contribution in [2.24, 2.45) is 0 Å². The van der Waals surface area contributed by atoms with Gasteiger partial charge in [0.05, 0.1) is 18.3 Å². The van der Waals surface area contributed by atoms with E-state index in [-0.39, 0.29) is 10.8 Å². The van der Waals surface area contributed by atoms with Gasteiger partial charge in [0, 0.05) is 23.3 Å². The Morgan fingerprint density at radius 2 is 2.00 bits per heavy atom.